The molecule has 1 fully saturated rings. The monoisotopic (exact) mass is 482 g/mol. The molecule has 1 aliphatic heterocycles. The number of nitrogens with zero attached hydrogens (tertiary/aromatic N) is 3. The van der Waals surface area contributed by atoms with E-state index in [1.807, 2.05) is 52.2 Å². The number of hydrogen-bond acceptors (Lipinski definition) is 6. The number of rotatable bonds is 9. The predicted molar refractivity (Wildman–Crippen MR) is 142 cm³/mol. The number of aliphatic carboxylic acids is 1. The lowest BCUT2D eigenvalue weighted by Crippen LogP contribution is -2.39. The summed E-state index contributed by atoms with van der Waals surface area (Å²) in [4.78, 5) is 24.2. The van der Waals surface area contributed by atoms with Gasteiger partial charge in [0.25, 0.3) is 0 Å². The number of aromatic nitrogens is 2. The Bertz CT molecular complexity index is 1000. The molecule has 0 bridgehead atoms. The fraction of sp³-hybridized carbons (Fsp3) is 0.607. The van der Waals surface area contributed by atoms with Crippen LogP contribution in [0, 0.1) is 12.3 Å². The van der Waals surface area contributed by atoms with Gasteiger partial charge in [0.2, 0.25) is 0 Å². The number of anilines is 2. The maximum Gasteiger partial charge on any atom is 0.337 e. The lowest BCUT2D eigenvalue weighted by Gasteiger charge is -2.40. The van der Waals surface area contributed by atoms with Crippen LogP contribution in [0.5, 0.6) is 0 Å². The van der Waals surface area contributed by atoms with Crippen molar-refractivity contribution in [3.8, 4) is 11.3 Å². The number of unbranched alkanes of at least 4 members (excludes halogenated alkanes) is 1. The summed E-state index contributed by atoms with van der Waals surface area (Å²) >= 11 is 0. The van der Waals surface area contributed by atoms with E-state index in [0.29, 0.717) is 11.3 Å². The van der Waals surface area contributed by atoms with Crippen molar-refractivity contribution in [2.75, 3.05) is 29.9 Å². The van der Waals surface area contributed by atoms with E-state index in [-0.39, 0.29) is 5.41 Å². The van der Waals surface area contributed by atoms with Crippen molar-refractivity contribution < 1.29 is 14.6 Å². The minimum atomic E-state index is -1.12. The Labute approximate surface area is 210 Å². The zero-order valence-corrected chi connectivity index (χ0v) is 22.4. The number of carbonyl (C=O) groups is 1. The van der Waals surface area contributed by atoms with Crippen LogP contribution in [-0.2, 0) is 9.53 Å². The second kappa shape index (κ2) is 10.9. The summed E-state index contributed by atoms with van der Waals surface area (Å²) in [7, 11) is 0. The summed E-state index contributed by atoms with van der Waals surface area (Å²) in [6, 6.07) is 4.02. The smallest absolute Gasteiger partial charge is 0.337 e. The summed E-state index contributed by atoms with van der Waals surface area (Å²) in [5.41, 5.74) is 4.40. The van der Waals surface area contributed by atoms with Gasteiger partial charge >= 0.3 is 5.97 Å². The molecule has 0 spiro atoms. The fourth-order valence-electron chi connectivity index (χ4n) is 4.44. The molecule has 0 radical (unpaired) electrons. The Balaban J connectivity index is 2.12. The minimum absolute atomic E-state index is 0.261. The van der Waals surface area contributed by atoms with Crippen molar-refractivity contribution in [3.63, 3.8) is 0 Å². The molecular weight excluding hydrogens is 440 g/mol. The molecule has 1 saturated heterocycles. The van der Waals surface area contributed by atoms with Crippen LogP contribution in [-0.4, -0.2) is 46.3 Å². The molecule has 35 heavy (non-hydrogen) atoms. The van der Waals surface area contributed by atoms with Crippen LogP contribution in [0.3, 0.4) is 0 Å². The van der Waals surface area contributed by atoms with Crippen LogP contribution in [0.25, 0.3) is 11.3 Å². The summed E-state index contributed by atoms with van der Waals surface area (Å²) in [6.07, 6.45) is 6.84. The van der Waals surface area contributed by atoms with Gasteiger partial charge in [-0.2, -0.15) is 0 Å². The van der Waals surface area contributed by atoms with E-state index in [1.165, 1.54) is 0 Å². The number of piperidine rings is 1. The molecule has 1 aliphatic rings. The van der Waals surface area contributed by atoms with Crippen molar-refractivity contribution in [1.82, 2.24) is 9.97 Å². The summed E-state index contributed by atoms with van der Waals surface area (Å²) in [5.74, 6) is -1.01. The van der Waals surface area contributed by atoms with Crippen molar-refractivity contribution in [2.45, 2.75) is 85.9 Å². The average molecular weight is 483 g/mol. The second-order valence-corrected chi connectivity index (χ2v) is 11.3. The van der Waals surface area contributed by atoms with E-state index in [2.05, 4.69) is 36.0 Å². The van der Waals surface area contributed by atoms with Gasteiger partial charge < -0.3 is 20.1 Å². The van der Waals surface area contributed by atoms with Crippen molar-refractivity contribution >= 4 is 17.3 Å². The van der Waals surface area contributed by atoms with Crippen molar-refractivity contribution in [2.24, 2.45) is 5.41 Å². The van der Waals surface area contributed by atoms with Crippen molar-refractivity contribution in [1.29, 1.82) is 0 Å². The van der Waals surface area contributed by atoms with Crippen LogP contribution < -0.4 is 10.2 Å². The molecular formula is C28H42N4O3. The molecule has 3 heterocycles. The number of nitrogens with one attached hydrogen (secondary N) is 1. The lowest BCUT2D eigenvalue weighted by molar-refractivity contribution is -0.160. The minimum Gasteiger partial charge on any atom is -0.479 e. The molecule has 0 saturated carbocycles. The Morgan fingerprint density at radius 3 is 2.43 bits per heavy atom. The number of ether oxygens (including phenoxy) is 1. The summed E-state index contributed by atoms with van der Waals surface area (Å²) in [6.45, 7) is 16.8. The predicted octanol–water partition coefficient (Wildman–Crippen LogP) is 6.23. The first-order valence-electron chi connectivity index (χ1n) is 12.8. The lowest BCUT2D eigenvalue weighted by atomic mass is 9.82. The van der Waals surface area contributed by atoms with Gasteiger partial charge in [-0.1, -0.05) is 27.2 Å². The van der Waals surface area contributed by atoms with E-state index in [9.17, 15) is 9.90 Å². The quantitative estimate of drug-likeness (QED) is 0.410. The zero-order chi connectivity index (χ0) is 25.8. The van der Waals surface area contributed by atoms with Gasteiger partial charge in [0.05, 0.1) is 28.9 Å². The number of aryl methyl sites for hydroxylation is 1. The molecule has 192 valence electrons. The fourth-order valence-corrected chi connectivity index (χ4v) is 4.44. The largest absolute Gasteiger partial charge is 0.479 e. The van der Waals surface area contributed by atoms with Gasteiger partial charge in [0.1, 0.15) is 0 Å². The first-order valence-corrected chi connectivity index (χ1v) is 12.8. The standard InChI is InChI=1S/C28H42N4O3/c1-8-9-14-29-20-10-11-22(31-17-20)21-18-30-19(2)23(25(26(33)34)35-27(3,4)5)24(21)32-15-12-28(6,7)13-16-32/h10-11,17-18,25,29H,8-9,12-16H2,1-7H3,(H,33,34). The van der Waals surface area contributed by atoms with Crippen molar-refractivity contribution in [3.05, 3.63) is 35.8 Å². The Kier molecular flexibility index (Phi) is 8.42. The first-order chi connectivity index (χ1) is 16.4. The third kappa shape index (κ3) is 6.94. The second-order valence-electron chi connectivity index (χ2n) is 11.3. The SMILES string of the molecule is CCCCNc1ccc(-c2cnc(C)c(C(OC(C)(C)C)C(=O)O)c2N2CCC(C)(C)CC2)nc1. The van der Waals surface area contributed by atoms with Gasteiger partial charge in [-0.25, -0.2) is 4.79 Å². The number of hydrogen-bond donors (Lipinski definition) is 2. The van der Waals surface area contributed by atoms with Crippen LogP contribution in [0.2, 0.25) is 0 Å². The van der Waals surface area contributed by atoms with E-state index in [1.54, 1.807) is 0 Å². The molecule has 7 nitrogen and oxygen atoms in total. The Hall–Kier alpha value is -2.67. The van der Waals surface area contributed by atoms with E-state index in [4.69, 9.17) is 9.72 Å². The highest BCUT2D eigenvalue weighted by atomic mass is 16.5. The van der Waals surface area contributed by atoms with Crippen LogP contribution in [0.15, 0.2) is 24.5 Å². The number of pyridine rings is 2. The summed E-state index contributed by atoms with van der Waals surface area (Å²) in [5, 5.41) is 13.6. The van der Waals surface area contributed by atoms with E-state index >= 15 is 0 Å². The maximum absolute atomic E-state index is 12.5. The topological polar surface area (TPSA) is 87.6 Å². The van der Waals surface area contributed by atoms with Crippen LogP contribution in [0.4, 0.5) is 11.4 Å². The average Bonchev–Trinajstić information content (AvgIpc) is 2.78. The highest BCUT2D eigenvalue weighted by molar-refractivity contribution is 5.85. The van der Waals surface area contributed by atoms with Gasteiger partial charge in [0.15, 0.2) is 6.10 Å². The maximum atomic E-state index is 12.5. The molecule has 2 aromatic heterocycles. The highest BCUT2D eigenvalue weighted by Gasteiger charge is 2.35. The number of carboxylic acid groups (broad SMARTS) is 1. The Morgan fingerprint density at radius 1 is 1.20 bits per heavy atom. The van der Waals surface area contributed by atoms with Gasteiger partial charge in [-0.05, 0) is 64.5 Å². The molecule has 2 aromatic rings. The molecule has 0 aromatic carbocycles. The molecule has 3 rings (SSSR count). The molecule has 2 N–H and O–H groups in total. The normalized spacial score (nSPS) is 16.7. The first kappa shape index (κ1) is 26.9. The number of carboxylic acids is 1. The molecule has 7 heteroatoms. The van der Waals surface area contributed by atoms with Gasteiger partial charge in [-0.3, -0.25) is 9.97 Å². The highest BCUT2D eigenvalue weighted by Crippen LogP contribution is 2.43. The third-order valence-electron chi connectivity index (χ3n) is 6.58. The molecule has 1 atom stereocenters. The molecule has 1 unspecified atom stereocenters. The molecule has 0 amide bonds. The van der Waals surface area contributed by atoms with E-state index < -0.39 is 17.7 Å². The van der Waals surface area contributed by atoms with Gasteiger partial charge in [0, 0.05) is 42.7 Å². The Morgan fingerprint density at radius 2 is 1.89 bits per heavy atom. The molecule has 0 aliphatic carbocycles. The third-order valence-corrected chi connectivity index (χ3v) is 6.58. The van der Waals surface area contributed by atoms with Crippen LogP contribution >= 0.6 is 0 Å². The van der Waals surface area contributed by atoms with Gasteiger partial charge in [-0.15, -0.1) is 0 Å². The zero-order valence-electron chi connectivity index (χ0n) is 22.4. The van der Waals surface area contributed by atoms with Crippen LogP contribution in [0.1, 0.15) is 84.6 Å². The van der Waals surface area contributed by atoms with E-state index in [0.717, 1.165) is 67.9 Å². The summed E-state index contributed by atoms with van der Waals surface area (Å²) < 4.78 is 6.11.